The Morgan fingerprint density at radius 3 is 2.81 bits per heavy atom. The molecule has 1 aliphatic rings. The Balaban J connectivity index is 2.45. The maximum atomic E-state index is 12.0. The van der Waals surface area contributed by atoms with Crippen LogP contribution < -0.4 is 11.1 Å². The molecule has 0 aromatic heterocycles. The van der Waals surface area contributed by atoms with Crippen LogP contribution in [0.3, 0.4) is 0 Å². The average molecular weight is 227 g/mol. The summed E-state index contributed by atoms with van der Waals surface area (Å²) < 4.78 is 0. The van der Waals surface area contributed by atoms with Gasteiger partial charge in [0.15, 0.2) is 0 Å². The van der Waals surface area contributed by atoms with Gasteiger partial charge in [-0.05, 0) is 45.6 Å². The lowest BCUT2D eigenvalue weighted by Gasteiger charge is -2.34. The topological polar surface area (TPSA) is 58.4 Å². The van der Waals surface area contributed by atoms with E-state index in [0.717, 1.165) is 25.9 Å². The molecule has 1 heterocycles. The molecule has 0 aromatic carbocycles. The van der Waals surface area contributed by atoms with E-state index >= 15 is 0 Å². The fourth-order valence-electron chi connectivity index (χ4n) is 2.17. The lowest BCUT2D eigenvalue weighted by molar-refractivity contribution is 0.160. The monoisotopic (exact) mass is 227 g/mol. The largest absolute Gasteiger partial charge is 0.333 e. The molecule has 3 N–H and O–H groups in total. The number of nitrogens with one attached hydrogen (secondary N) is 1. The SMILES string of the molecule is CC1CCCN(C(=O)NC(C)(C)CCN)C1. The molecule has 0 spiro atoms. The first-order valence-corrected chi connectivity index (χ1v) is 6.22. The van der Waals surface area contributed by atoms with Crippen LogP contribution in [0.15, 0.2) is 0 Å². The van der Waals surface area contributed by atoms with Crippen molar-refractivity contribution in [1.29, 1.82) is 0 Å². The molecule has 0 saturated carbocycles. The van der Waals surface area contributed by atoms with Gasteiger partial charge in [-0.25, -0.2) is 4.79 Å². The number of urea groups is 1. The Bertz CT molecular complexity index is 240. The van der Waals surface area contributed by atoms with Gasteiger partial charge >= 0.3 is 6.03 Å². The van der Waals surface area contributed by atoms with Gasteiger partial charge in [0, 0.05) is 18.6 Å². The van der Waals surface area contributed by atoms with Crippen LogP contribution in [-0.2, 0) is 0 Å². The Kier molecular flexibility index (Phi) is 4.59. The second kappa shape index (κ2) is 5.53. The highest BCUT2D eigenvalue weighted by Crippen LogP contribution is 2.16. The highest BCUT2D eigenvalue weighted by Gasteiger charge is 2.25. The van der Waals surface area contributed by atoms with E-state index in [2.05, 4.69) is 12.2 Å². The van der Waals surface area contributed by atoms with Crippen molar-refractivity contribution in [3.63, 3.8) is 0 Å². The van der Waals surface area contributed by atoms with Gasteiger partial charge in [0.05, 0.1) is 0 Å². The Hall–Kier alpha value is -0.770. The third kappa shape index (κ3) is 4.00. The van der Waals surface area contributed by atoms with Gasteiger partial charge in [0.1, 0.15) is 0 Å². The molecule has 1 saturated heterocycles. The Labute approximate surface area is 98.6 Å². The fraction of sp³-hybridized carbons (Fsp3) is 0.917. The van der Waals surface area contributed by atoms with Gasteiger partial charge in [-0.1, -0.05) is 6.92 Å². The molecule has 1 fully saturated rings. The minimum atomic E-state index is -0.202. The van der Waals surface area contributed by atoms with E-state index in [0.29, 0.717) is 12.5 Å². The fourth-order valence-corrected chi connectivity index (χ4v) is 2.17. The number of rotatable bonds is 3. The van der Waals surface area contributed by atoms with E-state index in [-0.39, 0.29) is 11.6 Å². The van der Waals surface area contributed by atoms with Crippen LogP contribution in [0.5, 0.6) is 0 Å². The number of amides is 2. The number of likely N-dealkylation sites (tertiary alicyclic amines) is 1. The zero-order chi connectivity index (χ0) is 12.2. The number of piperidine rings is 1. The van der Waals surface area contributed by atoms with E-state index in [1.54, 1.807) is 0 Å². The Morgan fingerprint density at radius 2 is 2.25 bits per heavy atom. The van der Waals surface area contributed by atoms with Crippen LogP contribution in [-0.4, -0.2) is 36.1 Å². The maximum Gasteiger partial charge on any atom is 0.317 e. The molecule has 4 nitrogen and oxygen atoms in total. The summed E-state index contributed by atoms with van der Waals surface area (Å²) in [6, 6.07) is 0.0602. The zero-order valence-electron chi connectivity index (χ0n) is 10.8. The molecular formula is C12H25N3O. The summed E-state index contributed by atoms with van der Waals surface area (Å²) in [5, 5.41) is 3.05. The van der Waals surface area contributed by atoms with E-state index in [1.165, 1.54) is 6.42 Å². The van der Waals surface area contributed by atoms with Crippen LogP contribution >= 0.6 is 0 Å². The second-order valence-corrected chi connectivity index (χ2v) is 5.55. The first-order valence-electron chi connectivity index (χ1n) is 6.22. The first-order chi connectivity index (χ1) is 7.44. The number of nitrogens with two attached hydrogens (primary N) is 1. The highest BCUT2D eigenvalue weighted by atomic mass is 16.2. The van der Waals surface area contributed by atoms with Gasteiger partial charge in [0.25, 0.3) is 0 Å². The predicted molar refractivity (Wildman–Crippen MR) is 66.3 cm³/mol. The van der Waals surface area contributed by atoms with Gasteiger partial charge in [0.2, 0.25) is 0 Å². The summed E-state index contributed by atoms with van der Waals surface area (Å²) in [7, 11) is 0. The average Bonchev–Trinajstić information content (AvgIpc) is 2.16. The summed E-state index contributed by atoms with van der Waals surface area (Å²) in [4.78, 5) is 13.9. The molecule has 1 atom stereocenters. The van der Waals surface area contributed by atoms with Gasteiger partial charge in [-0.2, -0.15) is 0 Å². The normalized spacial score (nSPS) is 22.0. The van der Waals surface area contributed by atoms with Crippen LogP contribution in [0.25, 0.3) is 0 Å². The Morgan fingerprint density at radius 1 is 1.56 bits per heavy atom. The van der Waals surface area contributed by atoms with Crippen molar-refractivity contribution in [2.75, 3.05) is 19.6 Å². The van der Waals surface area contributed by atoms with Crippen LogP contribution in [0, 0.1) is 5.92 Å². The molecule has 0 bridgehead atoms. The molecule has 0 aromatic rings. The molecule has 94 valence electrons. The van der Waals surface area contributed by atoms with Crippen molar-refractivity contribution in [1.82, 2.24) is 10.2 Å². The summed E-state index contributed by atoms with van der Waals surface area (Å²) in [6.07, 6.45) is 3.16. The predicted octanol–water partition coefficient (Wildman–Crippen LogP) is 1.56. The molecule has 4 heteroatoms. The van der Waals surface area contributed by atoms with E-state index in [1.807, 2.05) is 18.7 Å². The molecule has 16 heavy (non-hydrogen) atoms. The molecule has 0 radical (unpaired) electrons. The van der Waals surface area contributed by atoms with Crippen molar-refractivity contribution in [3.05, 3.63) is 0 Å². The summed E-state index contributed by atoms with van der Waals surface area (Å²) >= 11 is 0. The van der Waals surface area contributed by atoms with Crippen LogP contribution in [0.2, 0.25) is 0 Å². The minimum Gasteiger partial charge on any atom is -0.333 e. The van der Waals surface area contributed by atoms with Crippen molar-refractivity contribution >= 4 is 6.03 Å². The summed E-state index contributed by atoms with van der Waals surface area (Å²) in [6.45, 7) is 8.60. The number of nitrogens with zero attached hydrogens (tertiary/aromatic N) is 1. The zero-order valence-corrected chi connectivity index (χ0v) is 10.8. The lowest BCUT2D eigenvalue weighted by atomic mass is 9.99. The standard InChI is InChI=1S/C12H25N3O/c1-10-5-4-8-15(9-10)11(16)14-12(2,3)6-7-13/h10H,4-9,13H2,1-3H3,(H,14,16). The summed E-state index contributed by atoms with van der Waals surface area (Å²) in [5.74, 6) is 0.622. The molecule has 1 aliphatic heterocycles. The van der Waals surface area contributed by atoms with Crippen LogP contribution in [0.1, 0.15) is 40.0 Å². The molecule has 1 unspecified atom stereocenters. The quantitative estimate of drug-likeness (QED) is 0.768. The molecule has 2 amide bonds. The smallest absolute Gasteiger partial charge is 0.317 e. The lowest BCUT2D eigenvalue weighted by Crippen LogP contribution is -2.52. The minimum absolute atomic E-state index is 0.0602. The number of carbonyl (C=O) groups excluding carboxylic acids is 1. The van der Waals surface area contributed by atoms with Crippen molar-refractivity contribution in [2.24, 2.45) is 11.7 Å². The third-order valence-corrected chi connectivity index (χ3v) is 3.16. The van der Waals surface area contributed by atoms with Gasteiger partial charge in [-0.15, -0.1) is 0 Å². The number of carbonyl (C=O) groups is 1. The molecule has 1 rings (SSSR count). The molecular weight excluding hydrogens is 202 g/mol. The van der Waals surface area contributed by atoms with E-state index in [4.69, 9.17) is 5.73 Å². The van der Waals surface area contributed by atoms with Crippen molar-refractivity contribution in [2.45, 2.75) is 45.6 Å². The van der Waals surface area contributed by atoms with E-state index < -0.39 is 0 Å². The number of hydrogen-bond donors (Lipinski definition) is 2. The van der Waals surface area contributed by atoms with Crippen molar-refractivity contribution in [3.8, 4) is 0 Å². The van der Waals surface area contributed by atoms with Crippen LogP contribution in [0.4, 0.5) is 4.79 Å². The number of hydrogen-bond acceptors (Lipinski definition) is 2. The second-order valence-electron chi connectivity index (χ2n) is 5.55. The highest BCUT2D eigenvalue weighted by molar-refractivity contribution is 5.75. The summed E-state index contributed by atoms with van der Waals surface area (Å²) in [5.41, 5.74) is 5.32. The molecule has 0 aliphatic carbocycles. The van der Waals surface area contributed by atoms with Crippen molar-refractivity contribution < 1.29 is 4.79 Å². The van der Waals surface area contributed by atoms with Gasteiger partial charge in [-0.3, -0.25) is 0 Å². The third-order valence-electron chi connectivity index (χ3n) is 3.16. The van der Waals surface area contributed by atoms with Gasteiger partial charge < -0.3 is 16.0 Å². The van der Waals surface area contributed by atoms with E-state index in [9.17, 15) is 4.79 Å². The maximum absolute atomic E-state index is 12.0. The first kappa shape index (κ1) is 13.3.